The van der Waals surface area contributed by atoms with Crippen LogP contribution in [0.3, 0.4) is 0 Å². The zero-order valence-electron chi connectivity index (χ0n) is 9.85. The minimum atomic E-state index is -0.451. The number of nitrogens with zero attached hydrogens (tertiary/aromatic N) is 2. The summed E-state index contributed by atoms with van der Waals surface area (Å²) in [4.78, 5) is 7.04. The molecule has 5 heteroatoms. The summed E-state index contributed by atoms with van der Waals surface area (Å²) in [5.41, 5.74) is 0.793. The predicted octanol–water partition coefficient (Wildman–Crippen LogP) is 3.12. The second-order valence-corrected chi connectivity index (χ2v) is 4.07. The molecule has 0 aliphatic rings. The van der Waals surface area contributed by atoms with Gasteiger partial charge in [0.15, 0.2) is 0 Å². The summed E-state index contributed by atoms with van der Waals surface area (Å²) in [6.07, 6.45) is 3.31. The molecule has 0 bridgehead atoms. The third-order valence-corrected chi connectivity index (χ3v) is 2.81. The molecule has 18 heavy (non-hydrogen) atoms. The molecular formula is C13H12ClN3O. The first-order valence-corrected chi connectivity index (χ1v) is 5.95. The largest absolute Gasteiger partial charge is 0.492 e. The van der Waals surface area contributed by atoms with Crippen molar-refractivity contribution in [3.8, 4) is 11.8 Å². The highest BCUT2D eigenvalue weighted by Gasteiger charge is 2.17. The van der Waals surface area contributed by atoms with Crippen LogP contribution in [-0.4, -0.2) is 16.6 Å². The molecule has 1 aromatic carbocycles. The SMILES string of the molecule is CCOc1ccc(C(C#N)c2ncc[nH]2)cc1Cl. The lowest BCUT2D eigenvalue weighted by molar-refractivity contribution is 0.340. The van der Waals surface area contributed by atoms with E-state index >= 15 is 0 Å². The highest BCUT2D eigenvalue weighted by atomic mass is 35.5. The zero-order chi connectivity index (χ0) is 13.0. The highest BCUT2D eigenvalue weighted by Crippen LogP contribution is 2.30. The number of H-pyrrole nitrogens is 1. The summed E-state index contributed by atoms with van der Waals surface area (Å²) in [5.74, 6) is 0.782. The van der Waals surface area contributed by atoms with E-state index in [1.54, 1.807) is 24.5 Å². The van der Waals surface area contributed by atoms with Crippen molar-refractivity contribution in [1.82, 2.24) is 9.97 Å². The number of aromatic amines is 1. The van der Waals surface area contributed by atoms with Gasteiger partial charge < -0.3 is 9.72 Å². The molecule has 0 amide bonds. The van der Waals surface area contributed by atoms with E-state index in [0.717, 1.165) is 5.56 Å². The molecule has 1 unspecified atom stereocenters. The number of nitrogens with one attached hydrogen (secondary N) is 1. The maximum absolute atomic E-state index is 9.23. The summed E-state index contributed by atoms with van der Waals surface area (Å²) >= 11 is 6.11. The van der Waals surface area contributed by atoms with E-state index in [4.69, 9.17) is 16.3 Å². The van der Waals surface area contributed by atoms with Crippen LogP contribution in [0, 0.1) is 11.3 Å². The first-order chi connectivity index (χ1) is 8.76. The Morgan fingerprint density at radius 3 is 2.94 bits per heavy atom. The Bertz CT molecular complexity index is 560. The number of halogens is 1. The molecule has 0 fully saturated rings. The van der Waals surface area contributed by atoms with Gasteiger partial charge in [0, 0.05) is 12.4 Å². The van der Waals surface area contributed by atoms with E-state index in [1.807, 2.05) is 13.0 Å². The molecule has 1 N–H and O–H groups in total. The van der Waals surface area contributed by atoms with Gasteiger partial charge in [0.1, 0.15) is 17.5 Å². The Morgan fingerprint density at radius 1 is 1.56 bits per heavy atom. The van der Waals surface area contributed by atoms with Crippen molar-refractivity contribution in [3.05, 3.63) is 47.0 Å². The maximum Gasteiger partial charge on any atom is 0.137 e. The third-order valence-electron chi connectivity index (χ3n) is 2.51. The Balaban J connectivity index is 2.34. The van der Waals surface area contributed by atoms with Crippen LogP contribution < -0.4 is 4.74 Å². The number of benzene rings is 1. The average molecular weight is 262 g/mol. The van der Waals surface area contributed by atoms with E-state index in [0.29, 0.717) is 23.2 Å². The summed E-state index contributed by atoms with van der Waals surface area (Å²) < 4.78 is 5.36. The molecule has 2 aromatic rings. The molecule has 0 saturated heterocycles. The number of imidazole rings is 1. The molecular weight excluding hydrogens is 250 g/mol. The van der Waals surface area contributed by atoms with Gasteiger partial charge in [0.2, 0.25) is 0 Å². The minimum Gasteiger partial charge on any atom is -0.492 e. The quantitative estimate of drug-likeness (QED) is 0.920. The van der Waals surface area contributed by atoms with Crippen LogP contribution in [-0.2, 0) is 0 Å². The second-order valence-electron chi connectivity index (χ2n) is 3.66. The molecule has 0 radical (unpaired) electrons. The van der Waals surface area contributed by atoms with Crippen LogP contribution in [0.1, 0.15) is 24.2 Å². The van der Waals surface area contributed by atoms with E-state index in [1.165, 1.54) is 0 Å². The molecule has 1 heterocycles. The first kappa shape index (κ1) is 12.5. The lowest BCUT2D eigenvalue weighted by atomic mass is 10.00. The molecule has 1 atom stereocenters. The van der Waals surface area contributed by atoms with Gasteiger partial charge in [0.25, 0.3) is 0 Å². The summed E-state index contributed by atoms with van der Waals surface area (Å²) in [5, 5.41) is 9.73. The van der Waals surface area contributed by atoms with Crippen molar-refractivity contribution in [3.63, 3.8) is 0 Å². The lowest BCUT2D eigenvalue weighted by Gasteiger charge is -2.10. The highest BCUT2D eigenvalue weighted by molar-refractivity contribution is 6.32. The fourth-order valence-electron chi connectivity index (χ4n) is 1.70. The van der Waals surface area contributed by atoms with Gasteiger partial charge in [-0.1, -0.05) is 17.7 Å². The van der Waals surface area contributed by atoms with E-state index in [9.17, 15) is 5.26 Å². The minimum absolute atomic E-state index is 0.451. The van der Waals surface area contributed by atoms with Crippen molar-refractivity contribution in [2.24, 2.45) is 0 Å². The number of rotatable bonds is 4. The molecule has 0 spiro atoms. The summed E-state index contributed by atoms with van der Waals surface area (Å²) in [6, 6.07) is 7.54. The van der Waals surface area contributed by atoms with Crippen molar-refractivity contribution in [2.75, 3.05) is 6.61 Å². The van der Waals surface area contributed by atoms with Gasteiger partial charge in [-0.25, -0.2) is 4.98 Å². The number of aromatic nitrogens is 2. The van der Waals surface area contributed by atoms with E-state index in [2.05, 4.69) is 16.0 Å². The smallest absolute Gasteiger partial charge is 0.137 e. The maximum atomic E-state index is 9.23. The van der Waals surface area contributed by atoms with E-state index < -0.39 is 5.92 Å². The standard InChI is InChI=1S/C13H12ClN3O/c1-2-18-12-4-3-9(7-11(12)14)10(8-15)13-16-5-6-17-13/h3-7,10H,2H2,1H3,(H,16,17). The lowest BCUT2D eigenvalue weighted by Crippen LogP contribution is -2.01. The molecule has 0 aliphatic carbocycles. The third kappa shape index (κ3) is 2.47. The second kappa shape index (κ2) is 5.56. The fourth-order valence-corrected chi connectivity index (χ4v) is 1.94. The number of hydrogen-bond acceptors (Lipinski definition) is 3. The van der Waals surface area contributed by atoms with Crippen molar-refractivity contribution >= 4 is 11.6 Å². The van der Waals surface area contributed by atoms with Crippen LogP contribution in [0.15, 0.2) is 30.6 Å². The van der Waals surface area contributed by atoms with Gasteiger partial charge >= 0.3 is 0 Å². The molecule has 0 saturated carbocycles. The van der Waals surface area contributed by atoms with Gasteiger partial charge in [-0.05, 0) is 24.6 Å². The van der Waals surface area contributed by atoms with Gasteiger partial charge in [0.05, 0.1) is 17.7 Å². The van der Waals surface area contributed by atoms with Crippen molar-refractivity contribution in [1.29, 1.82) is 5.26 Å². The molecule has 2 rings (SSSR count). The van der Waals surface area contributed by atoms with Gasteiger partial charge in [-0.3, -0.25) is 0 Å². The van der Waals surface area contributed by atoms with Crippen molar-refractivity contribution in [2.45, 2.75) is 12.8 Å². The van der Waals surface area contributed by atoms with Crippen LogP contribution in [0.4, 0.5) is 0 Å². The zero-order valence-corrected chi connectivity index (χ0v) is 10.6. The number of hydrogen-bond donors (Lipinski definition) is 1. The average Bonchev–Trinajstić information content (AvgIpc) is 2.87. The van der Waals surface area contributed by atoms with Crippen LogP contribution in [0.2, 0.25) is 5.02 Å². The van der Waals surface area contributed by atoms with Gasteiger partial charge in [-0.15, -0.1) is 0 Å². The Hall–Kier alpha value is -1.99. The van der Waals surface area contributed by atoms with Crippen LogP contribution in [0.5, 0.6) is 5.75 Å². The topological polar surface area (TPSA) is 61.7 Å². The normalized spacial score (nSPS) is 11.8. The van der Waals surface area contributed by atoms with Crippen LogP contribution in [0.25, 0.3) is 0 Å². The monoisotopic (exact) mass is 261 g/mol. The first-order valence-electron chi connectivity index (χ1n) is 5.57. The Kier molecular flexibility index (Phi) is 3.85. The summed E-state index contributed by atoms with van der Waals surface area (Å²) in [7, 11) is 0. The fraction of sp³-hybridized carbons (Fsp3) is 0.231. The number of ether oxygens (including phenoxy) is 1. The van der Waals surface area contributed by atoms with Crippen molar-refractivity contribution < 1.29 is 4.74 Å². The summed E-state index contributed by atoms with van der Waals surface area (Å²) in [6.45, 7) is 2.45. The van der Waals surface area contributed by atoms with Gasteiger partial charge in [-0.2, -0.15) is 5.26 Å². The molecule has 1 aromatic heterocycles. The molecule has 92 valence electrons. The predicted molar refractivity (Wildman–Crippen MR) is 68.7 cm³/mol. The molecule has 0 aliphatic heterocycles. The number of nitriles is 1. The Morgan fingerprint density at radius 2 is 2.39 bits per heavy atom. The van der Waals surface area contributed by atoms with E-state index in [-0.39, 0.29) is 0 Å². The van der Waals surface area contributed by atoms with Crippen LogP contribution >= 0.6 is 11.6 Å². The molecule has 4 nitrogen and oxygen atoms in total. The Labute approximate surface area is 110 Å².